The van der Waals surface area contributed by atoms with Crippen LogP contribution in [0.25, 0.3) is 0 Å². The van der Waals surface area contributed by atoms with Gasteiger partial charge >= 0.3 is 6.85 Å². The fourth-order valence-electron chi connectivity index (χ4n) is 2.30. The summed E-state index contributed by atoms with van der Waals surface area (Å²) >= 11 is 0. The number of hydrogen-bond acceptors (Lipinski definition) is 1. The van der Waals surface area contributed by atoms with Crippen LogP contribution in [0.4, 0.5) is 43.9 Å². The van der Waals surface area contributed by atoms with Crippen LogP contribution in [0.2, 0.25) is 0 Å². The molecule has 0 radical (unpaired) electrons. The number of halogens is 10. The summed E-state index contributed by atoms with van der Waals surface area (Å²) in [4.78, 5) is 0. The standard InChI is InChI=1S/C14H6BF10N/c1-2-26-15(3-5(16)9(20)13(24)10(21)6(3)17)4-7(18)11(22)14(25)12(23)8(4)19/h26H,2H2,1H3. The van der Waals surface area contributed by atoms with Crippen molar-refractivity contribution in [1.82, 2.24) is 5.23 Å². The Hall–Kier alpha value is -2.24. The second-order valence-corrected chi connectivity index (χ2v) is 4.96. The third kappa shape index (κ3) is 2.91. The van der Waals surface area contributed by atoms with E-state index in [0.29, 0.717) is 0 Å². The molecule has 0 aliphatic heterocycles. The first-order valence-electron chi connectivity index (χ1n) is 6.82. The number of rotatable bonds is 4. The Morgan fingerprint density at radius 1 is 0.500 bits per heavy atom. The first-order valence-corrected chi connectivity index (χ1v) is 6.82. The molecule has 0 aliphatic rings. The zero-order chi connectivity index (χ0) is 19.9. The average molecular weight is 389 g/mol. The van der Waals surface area contributed by atoms with Crippen LogP contribution in [-0.4, -0.2) is 13.4 Å². The van der Waals surface area contributed by atoms with Crippen LogP contribution in [0, 0.1) is 58.2 Å². The summed E-state index contributed by atoms with van der Waals surface area (Å²) in [6.07, 6.45) is 0. The van der Waals surface area contributed by atoms with Crippen molar-refractivity contribution in [3.63, 3.8) is 0 Å². The second kappa shape index (κ2) is 7.18. The van der Waals surface area contributed by atoms with Gasteiger partial charge in [0.1, 0.15) is 0 Å². The molecule has 1 N–H and O–H groups in total. The first kappa shape index (κ1) is 20.1. The van der Waals surface area contributed by atoms with E-state index in [4.69, 9.17) is 0 Å². The van der Waals surface area contributed by atoms with Crippen molar-refractivity contribution in [2.24, 2.45) is 0 Å². The fraction of sp³-hybridized carbons (Fsp3) is 0.143. The molecule has 2 aromatic carbocycles. The lowest BCUT2D eigenvalue weighted by molar-refractivity contribution is 0.381. The van der Waals surface area contributed by atoms with E-state index in [-0.39, 0.29) is 6.54 Å². The highest BCUT2D eigenvalue weighted by atomic mass is 19.2. The summed E-state index contributed by atoms with van der Waals surface area (Å²) in [5.41, 5.74) is -3.57. The zero-order valence-corrected chi connectivity index (χ0v) is 12.6. The van der Waals surface area contributed by atoms with E-state index in [1.165, 1.54) is 6.92 Å². The third-order valence-corrected chi connectivity index (χ3v) is 3.47. The second-order valence-electron chi connectivity index (χ2n) is 4.96. The van der Waals surface area contributed by atoms with Gasteiger partial charge in [-0.15, -0.1) is 0 Å². The van der Waals surface area contributed by atoms with Crippen LogP contribution in [0.5, 0.6) is 0 Å². The minimum atomic E-state index is -2.55. The van der Waals surface area contributed by atoms with Gasteiger partial charge in [-0.3, -0.25) is 0 Å². The van der Waals surface area contributed by atoms with Crippen LogP contribution in [0.1, 0.15) is 6.92 Å². The highest BCUT2D eigenvalue weighted by Gasteiger charge is 2.39. The Bertz CT molecular complexity index is 757. The lowest BCUT2D eigenvalue weighted by Crippen LogP contribution is -2.59. The molecule has 26 heavy (non-hydrogen) atoms. The molecule has 2 aromatic rings. The van der Waals surface area contributed by atoms with Crippen molar-refractivity contribution in [2.45, 2.75) is 6.92 Å². The quantitative estimate of drug-likeness (QED) is 0.367. The Kier molecular flexibility index (Phi) is 5.54. The number of benzene rings is 2. The van der Waals surface area contributed by atoms with Crippen molar-refractivity contribution in [3.05, 3.63) is 58.2 Å². The Morgan fingerprint density at radius 3 is 0.962 bits per heavy atom. The summed E-state index contributed by atoms with van der Waals surface area (Å²) in [6, 6.07) is 0. The van der Waals surface area contributed by atoms with Gasteiger partial charge in [-0.25, -0.2) is 43.9 Å². The molecular formula is C14H6BF10N. The highest BCUT2D eigenvalue weighted by Crippen LogP contribution is 2.20. The molecule has 0 unspecified atom stereocenters. The van der Waals surface area contributed by atoms with Crippen LogP contribution in [0.3, 0.4) is 0 Å². The number of hydrogen-bond donors (Lipinski definition) is 1. The molecule has 0 fully saturated rings. The molecule has 0 bridgehead atoms. The van der Waals surface area contributed by atoms with Crippen molar-refractivity contribution in [1.29, 1.82) is 0 Å². The van der Waals surface area contributed by atoms with E-state index in [1.54, 1.807) is 0 Å². The highest BCUT2D eigenvalue weighted by molar-refractivity contribution is 6.83. The summed E-state index contributed by atoms with van der Waals surface area (Å²) in [7, 11) is 0. The Labute approximate surface area is 139 Å². The SMILES string of the molecule is CCNB(c1c(F)c(F)c(F)c(F)c1F)c1c(F)c(F)c(F)c(F)c1F. The Morgan fingerprint density at radius 2 is 0.731 bits per heavy atom. The van der Waals surface area contributed by atoms with Gasteiger partial charge in [-0.2, -0.15) is 0 Å². The van der Waals surface area contributed by atoms with Crippen LogP contribution in [-0.2, 0) is 0 Å². The summed E-state index contributed by atoms with van der Waals surface area (Å²) in [5, 5.41) is 1.95. The van der Waals surface area contributed by atoms with Crippen molar-refractivity contribution in [2.75, 3.05) is 6.54 Å². The fourth-order valence-corrected chi connectivity index (χ4v) is 2.30. The third-order valence-electron chi connectivity index (χ3n) is 3.47. The maximum Gasteiger partial charge on any atom is 0.303 e. The summed E-state index contributed by atoms with van der Waals surface area (Å²) in [6.45, 7) is -1.73. The largest absolute Gasteiger partial charge is 0.348 e. The molecule has 0 aliphatic carbocycles. The summed E-state index contributed by atoms with van der Waals surface area (Å²) < 4.78 is 135. The van der Waals surface area contributed by atoms with E-state index >= 15 is 0 Å². The van der Waals surface area contributed by atoms with E-state index < -0.39 is 75.9 Å². The average Bonchev–Trinajstić information content (AvgIpc) is 2.61. The smallest absolute Gasteiger partial charge is 0.303 e. The van der Waals surface area contributed by atoms with Crippen LogP contribution < -0.4 is 16.2 Å². The molecule has 0 atom stereocenters. The molecule has 0 aromatic heterocycles. The number of nitrogens with one attached hydrogen (secondary N) is 1. The molecule has 0 saturated heterocycles. The van der Waals surface area contributed by atoms with Crippen LogP contribution >= 0.6 is 0 Å². The normalized spacial score (nSPS) is 11.2. The summed E-state index contributed by atoms with van der Waals surface area (Å²) in [5.74, 6) is -24.7. The van der Waals surface area contributed by atoms with Gasteiger partial charge in [0.25, 0.3) is 0 Å². The van der Waals surface area contributed by atoms with Gasteiger partial charge in [-0.1, -0.05) is 6.92 Å². The first-order chi connectivity index (χ1) is 12.1. The predicted molar refractivity (Wildman–Crippen MR) is 71.2 cm³/mol. The van der Waals surface area contributed by atoms with E-state index in [9.17, 15) is 43.9 Å². The molecule has 140 valence electrons. The molecular weight excluding hydrogens is 383 g/mol. The minimum absolute atomic E-state index is 0.385. The van der Waals surface area contributed by atoms with Crippen molar-refractivity contribution < 1.29 is 43.9 Å². The predicted octanol–water partition coefficient (Wildman–Crippen LogP) is 2.79. The monoisotopic (exact) mass is 389 g/mol. The molecule has 2 rings (SSSR count). The lowest BCUT2D eigenvalue weighted by Gasteiger charge is -2.19. The van der Waals surface area contributed by atoms with Gasteiger partial charge in [0.05, 0.1) is 0 Å². The molecule has 12 heteroatoms. The van der Waals surface area contributed by atoms with Gasteiger partial charge in [-0.05, 0) is 6.54 Å². The Balaban J connectivity index is 2.91. The van der Waals surface area contributed by atoms with Crippen LogP contribution in [0.15, 0.2) is 0 Å². The topological polar surface area (TPSA) is 12.0 Å². The van der Waals surface area contributed by atoms with E-state index in [2.05, 4.69) is 0 Å². The zero-order valence-electron chi connectivity index (χ0n) is 12.6. The minimum Gasteiger partial charge on any atom is -0.348 e. The van der Waals surface area contributed by atoms with Gasteiger partial charge in [0, 0.05) is 10.9 Å². The molecule has 0 saturated carbocycles. The molecule has 1 nitrogen and oxygen atoms in total. The van der Waals surface area contributed by atoms with Gasteiger partial charge in [0.2, 0.25) is 0 Å². The van der Waals surface area contributed by atoms with Gasteiger partial charge < -0.3 is 5.23 Å². The van der Waals surface area contributed by atoms with Crippen molar-refractivity contribution >= 4 is 17.8 Å². The lowest BCUT2D eigenvalue weighted by atomic mass is 9.49. The molecule has 0 spiro atoms. The molecule has 0 heterocycles. The van der Waals surface area contributed by atoms with E-state index in [0.717, 1.165) is 0 Å². The maximum absolute atomic E-state index is 13.9. The van der Waals surface area contributed by atoms with Crippen molar-refractivity contribution in [3.8, 4) is 0 Å². The maximum atomic E-state index is 13.9. The van der Waals surface area contributed by atoms with Gasteiger partial charge in [0.15, 0.2) is 58.2 Å². The van der Waals surface area contributed by atoms with E-state index in [1.807, 2.05) is 5.23 Å². The molecule has 0 amide bonds.